The van der Waals surface area contributed by atoms with Gasteiger partial charge in [0.2, 0.25) is 10.0 Å². The van der Waals surface area contributed by atoms with Gasteiger partial charge in [-0.2, -0.15) is 0 Å². The first-order valence-corrected chi connectivity index (χ1v) is 8.22. The lowest BCUT2D eigenvalue weighted by Crippen LogP contribution is -2.41. The predicted octanol–water partition coefficient (Wildman–Crippen LogP) is 1.47. The van der Waals surface area contributed by atoms with Crippen molar-refractivity contribution >= 4 is 10.0 Å². The molecule has 3 unspecified atom stereocenters. The zero-order chi connectivity index (χ0) is 12.9. The second-order valence-corrected chi connectivity index (χ2v) is 7.34. The zero-order valence-corrected chi connectivity index (χ0v) is 11.8. The summed E-state index contributed by atoms with van der Waals surface area (Å²) >= 11 is 0. The first kappa shape index (κ1) is 14.9. The highest BCUT2D eigenvalue weighted by molar-refractivity contribution is 7.90. The van der Waals surface area contributed by atoms with Crippen LogP contribution in [0.15, 0.2) is 0 Å². The smallest absolute Gasteiger partial charge is 0.215 e. The molecular formula is C12H26N2O2S. The number of hydrogen-bond donors (Lipinski definition) is 2. The Morgan fingerprint density at radius 1 is 1.41 bits per heavy atom. The van der Waals surface area contributed by atoms with Crippen LogP contribution in [0.3, 0.4) is 0 Å². The van der Waals surface area contributed by atoms with Crippen LogP contribution in [0.1, 0.15) is 46.0 Å². The first-order chi connectivity index (χ1) is 7.99. The van der Waals surface area contributed by atoms with E-state index in [1.54, 1.807) is 0 Å². The molecule has 102 valence electrons. The molecule has 0 spiro atoms. The number of rotatable bonds is 6. The van der Waals surface area contributed by atoms with Gasteiger partial charge in [0.25, 0.3) is 0 Å². The van der Waals surface area contributed by atoms with Gasteiger partial charge < -0.3 is 5.73 Å². The van der Waals surface area contributed by atoms with Gasteiger partial charge in [-0.3, -0.25) is 0 Å². The first-order valence-electron chi connectivity index (χ1n) is 6.68. The molecule has 1 aliphatic rings. The molecule has 17 heavy (non-hydrogen) atoms. The lowest BCUT2D eigenvalue weighted by molar-refractivity contribution is 0.283. The highest BCUT2D eigenvalue weighted by Gasteiger charge is 2.25. The Bertz CT molecular complexity index is 312. The second kappa shape index (κ2) is 6.71. The van der Waals surface area contributed by atoms with Crippen molar-refractivity contribution in [3.8, 4) is 0 Å². The third kappa shape index (κ3) is 4.56. The average Bonchev–Trinajstić information content (AvgIpc) is 2.28. The fourth-order valence-electron chi connectivity index (χ4n) is 2.61. The summed E-state index contributed by atoms with van der Waals surface area (Å²) in [5.41, 5.74) is 5.48. The largest absolute Gasteiger partial charge is 0.329 e. The van der Waals surface area contributed by atoms with Crippen LogP contribution in [-0.4, -0.2) is 26.8 Å². The summed E-state index contributed by atoms with van der Waals surface area (Å²) in [6.07, 6.45) is 5.37. The SMILES string of the molecule is CCC(CN)S(=O)(=O)NCC1CCCC(C)C1. The maximum Gasteiger partial charge on any atom is 0.215 e. The minimum atomic E-state index is -3.21. The van der Waals surface area contributed by atoms with Crippen LogP contribution in [-0.2, 0) is 10.0 Å². The van der Waals surface area contributed by atoms with E-state index in [2.05, 4.69) is 11.6 Å². The number of nitrogens with one attached hydrogen (secondary N) is 1. The monoisotopic (exact) mass is 262 g/mol. The highest BCUT2D eigenvalue weighted by atomic mass is 32.2. The molecule has 0 radical (unpaired) electrons. The zero-order valence-electron chi connectivity index (χ0n) is 11.0. The third-order valence-corrected chi connectivity index (χ3v) is 5.75. The Kier molecular flexibility index (Phi) is 5.89. The summed E-state index contributed by atoms with van der Waals surface area (Å²) < 4.78 is 26.6. The molecule has 1 fully saturated rings. The quantitative estimate of drug-likeness (QED) is 0.761. The van der Waals surface area contributed by atoms with Gasteiger partial charge in [-0.05, 0) is 31.1 Å². The van der Waals surface area contributed by atoms with Gasteiger partial charge in [0.15, 0.2) is 0 Å². The molecule has 4 nitrogen and oxygen atoms in total. The Hall–Kier alpha value is -0.130. The summed E-state index contributed by atoms with van der Waals surface area (Å²) in [6.45, 7) is 4.89. The summed E-state index contributed by atoms with van der Waals surface area (Å²) in [4.78, 5) is 0. The minimum absolute atomic E-state index is 0.201. The fraction of sp³-hybridized carbons (Fsp3) is 1.00. The lowest BCUT2D eigenvalue weighted by atomic mass is 9.83. The van der Waals surface area contributed by atoms with E-state index in [0.29, 0.717) is 18.9 Å². The molecule has 0 saturated heterocycles. The van der Waals surface area contributed by atoms with Crippen molar-refractivity contribution in [2.24, 2.45) is 17.6 Å². The number of nitrogens with two attached hydrogens (primary N) is 1. The molecule has 0 amide bonds. The molecule has 0 aromatic heterocycles. The van der Waals surface area contributed by atoms with E-state index in [1.807, 2.05) is 6.92 Å². The molecule has 5 heteroatoms. The van der Waals surface area contributed by atoms with Gasteiger partial charge >= 0.3 is 0 Å². The van der Waals surface area contributed by atoms with Crippen LogP contribution in [0.25, 0.3) is 0 Å². The van der Waals surface area contributed by atoms with Crippen LogP contribution in [0, 0.1) is 11.8 Å². The third-order valence-electron chi connectivity index (χ3n) is 3.78. The molecular weight excluding hydrogens is 236 g/mol. The van der Waals surface area contributed by atoms with Gasteiger partial charge in [0.05, 0.1) is 5.25 Å². The van der Waals surface area contributed by atoms with Crippen molar-refractivity contribution < 1.29 is 8.42 Å². The van der Waals surface area contributed by atoms with Crippen LogP contribution < -0.4 is 10.5 Å². The fourth-order valence-corrected chi connectivity index (χ4v) is 4.01. The van der Waals surface area contributed by atoms with Crippen molar-refractivity contribution in [3.63, 3.8) is 0 Å². The van der Waals surface area contributed by atoms with Gasteiger partial charge in [0, 0.05) is 13.1 Å². The van der Waals surface area contributed by atoms with E-state index >= 15 is 0 Å². The van der Waals surface area contributed by atoms with E-state index in [4.69, 9.17) is 5.73 Å². The van der Waals surface area contributed by atoms with E-state index in [9.17, 15) is 8.42 Å². The van der Waals surface area contributed by atoms with Crippen LogP contribution >= 0.6 is 0 Å². The van der Waals surface area contributed by atoms with Crippen molar-refractivity contribution in [1.29, 1.82) is 0 Å². The normalized spacial score (nSPS) is 27.9. The molecule has 3 atom stereocenters. The molecule has 0 aromatic carbocycles. The van der Waals surface area contributed by atoms with Gasteiger partial charge in [-0.25, -0.2) is 13.1 Å². The summed E-state index contributed by atoms with van der Waals surface area (Å²) in [6, 6.07) is 0. The van der Waals surface area contributed by atoms with Crippen LogP contribution in [0.2, 0.25) is 0 Å². The molecule has 0 heterocycles. The standard InChI is InChI=1S/C12H26N2O2S/c1-3-12(8-13)17(15,16)14-9-11-6-4-5-10(2)7-11/h10-12,14H,3-9,13H2,1-2H3. The van der Waals surface area contributed by atoms with Crippen molar-refractivity contribution in [3.05, 3.63) is 0 Å². The molecule has 1 aliphatic carbocycles. The van der Waals surface area contributed by atoms with Crippen molar-refractivity contribution in [2.75, 3.05) is 13.1 Å². The minimum Gasteiger partial charge on any atom is -0.329 e. The molecule has 1 rings (SSSR count). The second-order valence-electron chi connectivity index (χ2n) is 5.30. The Balaban J connectivity index is 2.43. The van der Waals surface area contributed by atoms with Gasteiger partial charge in [-0.1, -0.05) is 26.7 Å². The van der Waals surface area contributed by atoms with Crippen molar-refractivity contribution in [1.82, 2.24) is 4.72 Å². The van der Waals surface area contributed by atoms with Gasteiger partial charge in [0.1, 0.15) is 0 Å². The topological polar surface area (TPSA) is 72.2 Å². The maximum absolute atomic E-state index is 11.9. The van der Waals surface area contributed by atoms with E-state index in [1.165, 1.54) is 12.8 Å². The Morgan fingerprint density at radius 2 is 2.12 bits per heavy atom. The van der Waals surface area contributed by atoms with E-state index in [-0.39, 0.29) is 6.54 Å². The summed E-state index contributed by atoms with van der Waals surface area (Å²) in [5, 5.41) is -0.441. The van der Waals surface area contributed by atoms with Gasteiger partial charge in [-0.15, -0.1) is 0 Å². The highest BCUT2D eigenvalue weighted by Crippen LogP contribution is 2.28. The Morgan fingerprint density at radius 3 is 2.65 bits per heavy atom. The maximum atomic E-state index is 11.9. The average molecular weight is 262 g/mol. The molecule has 3 N–H and O–H groups in total. The van der Waals surface area contributed by atoms with Crippen LogP contribution in [0.4, 0.5) is 0 Å². The molecule has 1 saturated carbocycles. The predicted molar refractivity (Wildman–Crippen MR) is 71.2 cm³/mol. The van der Waals surface area contributed by atoms with E-state index in [0.717, 1.165) is 18.8 Å². The molecule has 0 aromatic rings. The lowest BCUT2D eigenvalue weighted by Gasteiger charge is -2.27. The van der Waals surface area contributed by atoms with Crippen molar-refractivity contribution in [2.45, 2.75) is 51.2 Å². The molecule has 0 bridgehead atoms. The Labute approximate surface area is 105 Å². The summed E-state index contributed by atoms with van der Waals surface area (Å²) in [5.74, 6) is 1.23. The van der Waals surface area contributed by atoms with E-state index < -0.39 is 15.3 Å². The molecule has 0 aliphatic heterocycles. The number of hydrogen-bond acceptors (Lipinski definition) is 3. The number of sulfonamides is 1. The summed E-state index contributed by atoms with van der Waals surface area (Å²) in [7, 11) is -3.21. The van der Waals surface area contributed by atoms with Crippen LogP contribution in [0.5, 0.6) is 0 Å².